The zero-order valence-electron chi connectivity index (χ0n) is 7.06. The molecule has 0 unspecified atom stereocenters. The molecule has 0 saturated carbocycles. The summed E-state index contributed by atoms with van der Waals surface area (Å²) < 4.78 is 14.2. The summed E-state index contributed by atoms with van der Waals surface area (Å²) >= 11 is 3.32. The fourth-order valence-corrected chi connectivity index (χ4v) is 1.84. The number of benzene rings is 1. The van der Waals surface area contributed by atoms with Crippen LogP contribution in [0.2, 0.25) is 0 Å². The van der Waals surface area contributed by atoms with Gasteiger partial charge in [-0.1, -0.05) is 15.9 Å². The van der Waals surface area contributed by atoms with Gasteiger partial charge in [-0.05, 0) is 31.0 Å². The number of aliphatic imine (C=N–C) groups is 1. The normalized spacial score (nSPS) is 16.0. The highest BCUT2D eigenvalue weighted by atomic mass is 79.9. The van der Waals surface area contributed by atoms with Crippen LogP contribution in [0.1, 0.15) is 18.4 Å². The molecule has 2 rings (SSSR count). The Hall–Kier alpha value is -0.700. The van der Waals surface area contributed by atoms with Crippen LogP contribution in [0.15, 0.2) is 27.7 Å². The second-order valence-electron chi connectivity index (χ2n) is 3.06. The summed E-state index contributed by atoms with van der Waals surface area (Å²) in [5, 5.41) is 0. The molecule has 0 fully saturated rings. The molecule has 1 heterocycles. The van der Waals surface area contributed by atoms with E-state index in [2.05, 4.69) is 20.9 Å². The van der Waals surface area contributed by atoms with Gasteiger partial charge in [0.25, 0.3) is 0 Å². The highest BCUT2D eigenvalue weighted by Crippen LogP contribution is 2.20. The first kappa shape index (κ1) is 8.88. The quantitative estimate of drug-likeness (QED) is 0.717. The lowest BCUT2D eigenvalue weighted by Gasteiger charge is -2.02. The van der Waals surface area contributed by atoms with Crippen molar-refractivity contribution in [3.63, 3.8) is 0 Å². The summed E-state index contributed by atoms with van der Waals surface area (Å²) in [6.45, 7) is 0.835. The third kappa shape index (κ3) is 1.80. The molecule has 0 amide bonds. The Balaban J connectivity index is 2.43. The number of rotatable bonds is 1. The Morgan fingerprint density at radius 1 is 1.38 bits per heavy atom. The zero-order valence-corrected chi connectivity index (χ0v) is 8.64. The number of nitrogens with zero attached hydrogens (tertiary/aromatic N) is 1. The Kier molecular flexibility index (Phi) is 2.44. The van der Waals surface area contributed by atoms with Gasteiger partial charge >= 0.3 is 0 Å². The van der Waals surface area contributed by atoms with Crippen molar-refractivity contribution in [2.24, 2.45) is 4.99 Å². The van der Waals surface area contributed by atoms with Crippen molar-refractivity contribution in [1.29, 1.82) is 0 Å². The van der Waals surface area contributed by atoms with Gasteiger partial charge in [-0.2, -0.15) is 0 Å². The van der Waals surface area contributed by atoms with Crippen molar-refractivity contribution in [1.82, 2.24) is 0 Å². The van der Waals surface area contributed by atoms with Crippen LogP contribution in [0.25, 0.3) is 0 Å². The largest absolute Gasteiger partial charge is 0.289 e. The van der Waals surface area contributed by atoms with E-state index < -0.39 is 0 Å². The van der Waals surface area contributed by atoms with Crippen LogP contribution >= 0.6 is 15.9 Å². The summed E-state index contributed by atoms with van der Waals surface area (Å²) in [7, 11) is 0. The third-order valence-corrected chi connectivity index (χ3v) is 2.61. The standard InChI is InChI=1S/C10H9BrFN/c11-7-3-4-9(12)8(6-7)10-2-1-5-13-10/h3-4,6H,1-2,5H2. The van der Waals surface area contributed by atoms with Gasteiger partial charge in [-0.15, -0.1) is 0 Å². The molecule has 68 valence electrons. The van der Waals surface area contributed by atoms with Gasteiger partial charge in [0.2, 0.25) is 0 Å². The van der Waals surface area contributed by atoms with Crippen LogP contribution in [0, 0.1) is 5.82 Å². The molecule has 0 saturated heterocycles. The van der Waals surface area contributed by atoms with Gasteiger partial charge in [-0.25, -0.2) is 4.39 Å². The highest BCUT2D eigenvalue weighted by molar-refractivity contribution is 9.10. The Bertz CT molecular complexity index is 360. The highest BCUT2D eigenvalue weighted by Gasteiger charge is 2.13. The van der Waals surface area contributed by atoms with Crippen LogP contribution in [0.3, 0.4) is 0 Å². The van der Waals surface area contributed by atoms with Gasteiger partial charge in [0.1, 0.15) is 5.82 Å². The third-order valence-electron chi connectivity index (χ3n) is 2.11. The van der Waals surface area contributed by atoms with E-state index in [1.807, 2.05) is 0 Å². The van der Waals surface area contributed by atoms with Crippen LogP contribution in [-0.2, 0) is 0 Å². The Morgan fingerprint density at radius 2 is 2.23 bits per heavy atom. The zero-order chi connectivity index (χ0) is 9.26. The molecule has 0 spiro atoms. The summed E-state index contributed by atoms with van der Waals surface area (Å²) in [4.78, 5) is 4.26. The minimum atomic E-state index is -0.177. The molecule has 1 aromatic carbocycles. The number of hydrogen-bond donors (Lipinski definition) is 0. The van der Waals surface area contributed by atoms with Crippen LogP contribution in [-0.4, -0.2) is 12.3 Å². The fourth-order valence-electron chi connectivity index (χ4n) is 1.48. The molecule has 3 heteroatoms. The molecular formula is C10H9BrFN. The molecule has 0 aliphatic carbocycles. The monoisotopic (exact) mass is 241 g/mol. The van der Waals surface area contributed by atoms with E-state index in [0.717, 1.165) is 29.6 Å². The van der Waals surface area contributed by atoms with Gasteiger partial charge in [0.15, 0.2) is 0 Å². The molecule has 1 aliphatic heterocycles. The van der Waals surface area contributed by atoms with Gasteiger partial charge in [0, 0.05) is 22.3 Å². The number of hydrogen-bond acceptors (Lipinski definition) is 1. The van der Waals surface area contributed by atoms with Gasteiger partial charge in [-0.3, -0.25) is 4.99 Å². The van der Waals surface area contributed by atoms with E-state index in [9.17, 15) is 4.39 Å². The molecule has 1 nitrogen and oxygen atoms in total. The molecule has 0 aromatic heterocycles. The summed E-state index contributed by atoms with van der Waals surface area (Å²) in [5.74, 6) is -0.177. The first-order valence-electron chi connectivity index (χ1n) is 4.26. The van der Waals surface area contributed by atoms with Crippen molar-refractivity contribution >= 4 is 21.6 Å². The summed E-state index contributed by atoms with van der Waals surface area (Å²) in [6.07, 6.45) is 1.94. The second kappa shape index (κ2) is 3.58. The molecule has 0 atom stereocenters. The first-order valence-corrected chi connectivity index (χ1v) is 5.05. The molecule has 13 heavy (non-hydrogen) atoms. The lowest BCUT2D eigenvalue weighted by Crippen LogP contribution is -1.99. The maximum atomic E-state index is 13.3. The van der Waals surface area contributed by atoms with Crippen LogP contribution < -0.4 is 0 Å². The molecule has 0 bridgehead atoms. The Labute approximate surface area is 84.8 Å². The SMILES string of the molecule is Fc1ccc(Br)cc1C1=NCCC1. The smallest absolute Gasteiger partial charge is 0.132 e. The molecule has 0 radical (unpaired) electrons. The topological polar surface area (TPSA) is 12.4 Å². The predicted molar refractivity (Wildman–Crippen MR) is 54.7 cm³/mol. The van der Waals surface area contributed by atoms with Crippen molar-refractivity contribution in [2.45, 2.75) is 12.8 Å². The van der Waals surface area contributed by atoms with Gasteiger partial charge < -0.3 is 0 Å². The van der Waals surface area contributed by atoms with Crippen LogP contribution in [0.5, 0.6) is 0 Å². The Morgan fingerprint density at radius 3 is 2.92 bits per heavy atom. The minimum Gasteiger partial charge on any atom is -0.289 e. The van der Waals surface area contributed by atoms with E-state index in [0.29, 0.717) is 5.56 Å². The lowest BCUT2D eigenvalue weighted by atomic mass is 10.1. The van der Waals surface area contributed by atoms with E-state index in [-0.39, 0.29) is 5.82 Å². The maximum absolute atomic E-state index is 13.3. The van der Waals surface area contributed by atoms with Crippen molar-refractivity contribution in [3.8, 4) is 0 Å². The van der Waals surface area contributed by atoms with E-state index >= 15 is 0 Å². The number of halogens is 2. The minimum absolute atomic E-state index is 0.177. The van der Waals surface area contributed by atoms with Gasteiger partial charge in [0.05, 0.1) is 0 Å². The van der Waals surface area contributed by atoms with Crippen molar-refractivity contribution < 1.29 is 4.39 Å². The molecule has 0 N–H and O–H groups in total. The van der Waals surface area contributed by atoms with Crippen LogP contribution in [0.4, 0.5) is 4.39 Å². The summed E-state index contributed by atoms with van der Waals surface area (Å²) in [5.41, 5.74) is 1.55. The van der Waals surface area contributed by atoms with Crippen molar-refractivity contribution in [2.75, 3.05) is 6.54 Å². The molecule has 1 aromatic rings. The average molecular weight is 242 g/mol. The fraction of sp³-hybridized carbons (Fsp3) is 0.300. The second-order valence-corrected chi connectivity index (χ2v) is 3.97. The molecule has 1 aliphatic rings. The van der Waals surface area contributed by atoms with E-state index in [4.69, 9.17) is 0 Å². The first-order chi connectivity index (χ1) is 6.27. The van der Waals surface area contributed by atoms with E-state index in [1.165, 1.54) is 6.07 Å². The molecular weight excluding hydrogens is 233 g/mol. The summed E-state index contributed by atoms with van der Waals surface area (Å²) in [6, 6.07) is 4.97. The lowest BCUT2D eigenvalue weighted by molar-refractivity contribution is 0.624. The van der Waals surface area contributed by atoms with E-state index in [1.54, 1.807) is 12.1 Å². The predicted octanol–water partition coefficient (Wildman–Crippen LogP) is 3.17. The average Bonchev–Trinajstić information content (AvgIpc) is 2.61. The van der Waals surface area contributed by atoms with Crippen molar-refractivity contribution in [3.05, 3.63) is 34.1 Å². The maximum Gasteiger partial charge on any atom is 0.132 e.